The second kappa shape index (κ2) is 4.87. The Morgan fingerprint density at radius 2 is 1.95 bits per heavy atom. The summed E-state index contributed by atoms with van der Waals surface area (Å²) in [6, 6.07) is 9.69. The Morgan fingerprint density at radius 1 is 1.16 bits per heavy atom. The molecule has 6 nitrogen and oxygen atoms in total. The molecule has 1 N–H and O–H groups in total. The van der Waals surface area contributed by atoms with Gasteiger partial charge in [0.1, 0.15) is 16.4 Å². The highest BCUT2D eigenvalue weighted by Gasteiger charge is 2.17. The number of hydrogen-bond donors (Lipinski definition) is 1. The minimum absolute atomic E-state index is 0.165. The van der Waals surface area contributed by atoms with Crippen molar-refractivity contribution >= 4 is 11.3 Å². The third-order valence-electron chi connectivity index (χ3n) is 2.63. The van der Waals surface area contributed by atoms with Gasteiger partial charge >= 0.3 is 0 Å². The molecule has 0 spiro atoms. The van der Waals surface area contributed by atoms with Crippen molar-refractivity contribution in [2.75, 3.05) is 0 Å². The van der Waals surface area contributed by atoms with Gasteiger partial charge in [-0.2, -0.15) is 4.68 Å². The van der Waals surface area contributed by atoms with Crippen LogP contribution >= 0.6 is 11.3 Å². The van der Waals surface area contributed by atoms with Crippen molar-refractivity contribution in [1.29, 1.82) is 0 Å². The predicted molar refractivity (Wildman–Crippen MR) is 70.9 cm³/mol. The fraction of sp³-hybridized carbons (Fsp3) is 0.167. The number of aliphatic hydroxyl groups is 1. The first-order valence-electron chi connectivity index (χ1n) is 5.71. The van der Waals surface area contributed by atoms with Crippen molar-refractivity contribution in [3.8, 4) is 16.4 Å². The summed E-state index contributed by atoms with van der Waals surface area (Å²) in [4.78, 5) is 0. The molecule has 19 heavy (non-hydrogen) atoms. The Hall–Kier alpha value is -2.12. The Bertz CT molecular complexity index is 691. The van der Waals surface area contributed by atoms with E-state index in [-0.39, 0.29) is 6.61 Å². The molecule has 1 aromatic carbocycles. The Labute approximate surface area is 113 Å². The number of benzene rings is 1. The molecule has 2 heterocycles. The van der Waals surface area contributed by atoms with E-state index in [0.29, 0.717) is 10.8 Å². The van der Waals surface area contributed by atoms with Crippen LogP contribution in [0.4, 0.5) is 0 Å². The van der Waals surface area contributed by atoms with Gasteiger partial charge in [-0.1, -0.05) is 46.9 Å². The largest absolute Gasteiger partial charge is 0.390 e. The van der Waals surface area contributed by atoms with Gasteiger partial charge in [-0.3, -0.25) is 0 Å². The number of hydrogen-bond acceptors (Lipinski definition) is 6. The minimum Gasteiger partial charge on any atom is -0.390 e. The van der Waals surface area contributed by atoms with Crippen LogP contribution in [0, 0.1) is 6.92 Å². The zero-order valence-electron chi connectivity index (χ0n) is 10.2. The summed E-state index contributed by atoms with van der Waals surface area (Å²) in [6.45, 7) is 1.72. The summed E-state index contributed by atoms with van der Waals surface area (Å²) < 4.78 is 1.62. The van der Waals surface area contributed by atoms with Crippen LogP contribution in [-0.4, -0.2) is 30.3 Å². The van der Waals surface area contributed by atoms with Gasteiger partial charge in [0.05, 0.1) is 6.61 Å². The van der Waals surface area contributed by atoms with E-state index < -0.39 is 0 Å². The Balaban J connectivity index is 2.19. The van der Waals surface area contributed by atoms with Crippen LogP contribution in [0.5, 0.6) is 0 Å². The molecule has 0 bridgehead atoms. The topological polar surface area (TPSA) is 76.7 Å². The third kappa shape index (κ3) is 2.13. The SMILES string of the molecule is Cc1nnc(-n2nnc(CO)c2-c2ccccc2)s1. The maximum absolute atomic E-state index is 9.40. The van der Waals surface area contributed by atoms with Crippen LogP contribution < -0.4 is 0 Å². The zero-order valence-corrected chi connectivity index (χ0v) is 11.0. The summed E-state index contributed by atoms with van der Waals surface area (Å²) in [6.07, 6.45) is 0. The van der Waals surface area contributed by atoms with Crippen LogP contribution in [0.15, 0.2) is 30.3 Å². The predicted octanol–water partition coefficient (Wildman–Crippen LogP) is 1.59. The second-order valence-corrected chi connectivity index (χ2v) is 5.08. The molecule has 0 saturated heterocycles. The van der Waals surface area contributed by atoms with Gasteiger partial charge in [0.2, 0.25) is 5.13 Å². The number of nitrogens with zero attached hydrogens (tertiary/aromatic N) is 5. The van der Waals surface area contributed by atoms with Crippen molar-refractivity contribution in [3.63, 3.8) is 0 Å². The molecule has 0 unspecified atom stereocenters. The van der Waals surface area contributed by atoms with Gasteiger partial charge in [0.25, 0.3) is 0 Å². The van der Waals surface area contributed by atoms with Crippen LogP contribution in [0.25, 0.3) is 16.4 Å². The molecule has 0 aliphatic heterocycles. The molecule has 96 valence electrons. The third-order valence-corrected chi connectivity index (χ3v) is 3.45. The fourth-order valence-electron chi connectivity index (χ4n) is 1.81. The first-order valence-corrected chi connectivity index (χ1v) is 6.52. The van der Waals surface area contributed by atoms with E-state index in [1.165, 1.54) is 11.3 Å². The van der Waals surface area contributed by atoms with E-state index in [1.807, 2.05) is 37.3 Å². The first kappa shape index (κ1) is 11.9. The summed E-state index contributed by atoms with van der Waals surface area (Å²) in [5, 5.41) is 27.0. The van der Waals surface area contributed by atoms with E-state index in [2.05, 4.69) is 20.5 Å². The lowest BCUT2D eigenvalue weighted by Crippen LogP contribution is -1.99. The van der Waals surface area contributed by atoms with Crippen molar-refractivity contribution in [1.82, 2.24) is 25.2 Å². The molecule has 3 aromatic rings. The molecule has 0 saturated carbocycles. The van der Waals surface area contributed by atoms with E-state index in [1.54, 1.807) is 4.68 Å². The molecule has 0 aliphatic carbocycles. The van der Waals surface area contributed by atoms with E-state index in [4.69, 9.17) is 0 Å². The molecular weight excluding hydrogens is 262 g/mol. The average molecular weight is 273 g/mol. The minimum atomic E-state index is -0.165. The number of aryl methyl sites for hydroxylation is 1. The number of aromatic nitrogens is 5. The molecule has 3 rings (SSSR count). The van der Waals surface area contributed by atoms with Crippen LogP contribution in [0.3, 0.4) is 0 Å². The lowest BCUT2D eigenvalue weighted by Gasteiger charge is -2.03. The summed E-state index contributed by atoms with van der Waals surface area (Å²) in [5.74, 6) is 0. The van der Waals surface area contributed by atoms with Crippen LogP contribution in [0.2, 0.25) is 0 Å². The van der Waals surface area contributed by atoms with Gasteiger partial charge in [0, 0.05) is 5.56 Å². The van der Waals surface area contributed by atoms with E-state index in [9.17, 15) is 5.11 Å². The molecule has 0 atom stereocenters. The molecule has 0 aliphatic rings. The molecule has 0 fully saturated rings. The highest BCUT2D eigenvalue weighted by molar-refractivity contribution is 7.13. The van der Waals surface area contributed by atoms with Crippen molar-refractivity contribution in [3.05, 3.63) is 41.0 Å². The molecule has 2 aromatic heterocycles. The summed E-state index contributed by atoms with van der Waals surface area (Å²) in [5.41, 5.74) is 2.21. The molecule has 7 heteroatoms. The van der Waals surface area contributed by atoms with Crippen molar-refractivity contribution in [2.45, 2.75) is 13.5 Å². The number of rotatable bonds is 3. The Morgan fingerprint density at radius 3 is 2.58 bits per heavy atom. The molecule has 0 radical (unpaired) electrons. The molecule has 0 amide bonds. The maximum Gasteiger partial charge on any atom is 0.234 e. The smallest absolute Gasteiger partial charge is 0.234 e. The van der Waals surface area contributed by atoms with Gasteiger partial charge in [-0.05, 0) is 6.92 Å². The lowest BCUT2D eigenvalue weighted by atomic mass is 10.1. The van der Waals surface area contributed by atoms with E-state index >= 15 is 0 Å². The monoisotopic (exact) mass is 273 g/mol. The van der Waals surface area contributed by atoms with Crippen LogP contribution in [0.1, 0.15) is 10.7 Å². The Kier molecular flexibility index (Phi) is 3.06. The summed E-state index contributed by atoms with van der Waals surface area (Å²) >= 11 is 1.43. The second-order valence-electron chi connectivity index (χ2n) is 3.92. The lowest BCUT2D eigenvalue weighted by molar-refractivity contribution is 0.277. The van der Waals surface area contributed by atoms with Gasteiger partial charge < -0.3 is 5.11 Å². The van der Waals surface area contributed by atoms with Gasteiger partial charge in [-0.15, -0.1) is 15.3 Å². The standard InChI is InChI=1S/C12H11N5OS/c1-8-13-15-12(19-8)17-11(10(7-18)14-16-17)9-5-3-2-4-6-9/h2-6,18H,7H2,1H3. The highest BCUT2D eigenvalue weighted by Crippen LogP contribution is 2.26. The normalized spacial score (nSPS) is 10.8. The quantitative estimate of drug-likeness (QED) is 0.784. The molecular formula is C12H11N5OS. The van der Waals surface area contributed by atoms with Crippen molar-refractivity contribution in [2.24, 2.45) is 0 Å². The average Bonchev–Trinajstić information content (AvgIpc) is 3.05. The van der Waals surface area contributed by atoms with E-state index in [0.717, 1.165) is 16.3 Å². The van der Waals surface area contributed by atoms with Crippen molar-refractivity contribution < 1.29 is 5.11 Å². The maximum atomic E-state index is 9.40. The number of aliphatic hydroxyl groups excluding tert-OH is 1. The fourth-order valence-corrected chi connectivity index (χ4v) is 2.45. The first-order chi connectivity index (χ1) is 9.29. The van der Waals surface area contributed by atoms with Gasteiger partial charge in [-0.25, -0.2) is 0 Å². The van der Waals surface area contributed by atoms with Gasteiger partial charge in [0.15, 0.2) is 0 Å². The van der Waals surface area contributed by atoms with Crippen LogP contribution in [-0.2, 0) is 6.61 Å². The summed E-state index contributed by atoms with van der Waals surface area (Å²) in [7, 11) is 0. The zero-order chi connectivity index (χ0) is 13.2. The highest BCUT2D eigenvalue weighted by atomic mass is 32.1.